The van der Waals surface area contributed by atoms with Crippen molar-refractivity contribution in [2.24, 2.45) is 5.73 Å². The molecule has 5 nitrogen and oxygen atoms in total. The van der Waals surface area contributed by atoms with Gasteiger partial charge in [-0.3, -0.25) is 11.1 Å². The van der Waals surface area contributed by atoms with Gasteiger partial charge in [0.1, 0.15) is 0 Å². The second kappa shape index (κ2) is 5.25. The van der Waals surface area contributed by atoms with E-state index in [-0.39, 0.29) is 0 Å². The SMILES string of the molecule is COc1ccc(CC(N)=[NH2+])c(OC)c1OC. The number of hydrogen-bond donors (Lipinski definition) is 2. The van der Waals surface area contributed by atoms with Gasteiger partial charge >= 0.3 is 0 Å². The molecule has 1 aromatic rings. The van der Waals surface area contributed by atoms with Crippen LogP contribution in [-0.2, 0) is 6.42 Å². The van der Waals surface area contributed by atoms with E-state index in [0.29, 0.717) is 29.5 Å². The van der Waals surface area contributed by atoms with Crippen LogP contribution >= 0.6 is 0 Å². The molecular formula is C11H17N2O3+. The van der Waals surface area contributed by atoms with Crippen LogP contribution in [0.25, 0.3) is 0 Å². The van der Waals surface area contributed by atoms with Gasteiger partial charge in [0.05, 0.1) is 27.8 Å². The topological polar surface area (TPSA) is 79.3 Å². The fourth-order valence-electron chi connectivity index (χ4n) is 1.52. The summed E-state index contributed by atoms with van der Waals surface area (Å²) in [5.74, 6) is 2.07. The largest absolute Gasteiger partial charge is 0.493 e. The molecule has 0 radical (unpaired) electrons. The van der Waals surface area contributed by atoms with Gasteiger partial charge in [-0.05, 0) is 6.07 Å². The Bertz CT molecular complexity index is 391. The predicted octanol–water partition coefficient (Wildman–Crippen LogP) is -0.629. The first kappa shape index (κ1) is 12.2. The average Bonchev–Trinajstić information content (AvgIpc) is 2.27. The van der Waals surface area contributed by atoms with Crippen LogP contribution in [0.2, 0.25) is 0 Å². The van der Waals surface area contributed by atoms with Crippen LogP contribution in [0, 0.1) is 0 Å². The summed E-state index contributed by atoms with van der Waals surface area (Å²) in [6.45, 7) is 0. The van der Waals surface area contributed by atoms with E-state index in [9.17, 15) is 0 Å². The van der Waals surface area contributed by atoms with E-state index in [1.807, 2.05) is 6.07 Å². The predicted molar refractivity (Wildman–Crippen MR) is 60.9 cm³/mol. The summed E-state index contributed by atoms with van der Waals surface area (Å²) < 4.78 is 15.7. The van der Waals surface area contributed by atoms with Gasteiger partial charge in [0, 0.05) is 5.56 Å². The van der Waals surface area contributed by atoms with E-state index in [0.717, 1.165) is 5.56 Å². The first-order chi connectivity index (χ1) is 7.63. The summed E-state index contributed by atoms with van der Waals surface area (Å²) in [6.07, 6.45) is 0.434. The molecule has 0 aliphatic heterocycles. The maximum atomic E-state index is 5.48. The van der Waals surface area contributed by atoms with E-state index in [1.54, 1.807) is 27.4 Å². The molecule has 0 unspecified atom stereocenters. The third kappa shape index (κ3) is 2.36. The standard InChI is InChI=1S/C11H16N2O3/c1-14-8-5-4-7(6-9(12)13)10(15-2)11(8)16-3/h4-5H,6H2,1-3H3,(H3,12,13)/p+1. The van der Waals surface area contributed by atoms with Crippen molar-refractivity contribution in [2.75, 3.05) is 21.3 Å². The Hall–Kier alpha value is -1.91. The third-order valence-electron chi connectivity index (χ3n) is 2.18. The third-order valence-corrected chi connectivity index (χ3v) is 2.18. The highest BCUT2D eigenvalue weighted by atomic mass is 16.5. The molecule has 0 aliphatic rings. The molecule has 0 aliphatic carbocycles. The highest BCUT2D eigenvalue weighted by Gasteiger charge is 2.16. The Kier molecular flexibility index (Phi) is 3.99. The first-order valence-corrected chi connectivity index (χ1v) is 4.78. The summed E-state index contributed by atoms with van der Waals surface area (Å²) in [5.41, 5.74) is 6.34. The number of rotatable bonds is 5. The zero-order valence-electron chi connectivity index (χ0n) is 9.74. The van der Waals surface area contributed by atoms with Gasteiger partial charge in [-0.1, -0.05) is 6.07 Å². The molecule has 0 saturated carbocycles. The number of nitrogens with two attached hydrogens (primary N) is 2. The van der Waals surface area contributed by atoms with E-state index >= 15 is 0 Å². The van der Waals surface area contributed by atoms with Gasteiger partial charge in [-0.15, -0.1) is 0 Å². The molecule has 88 valence electrons. The molecule has 1 rings (SSSR count). The molecule has 0 atom stereocenters. The molecule has 0 amide bonds. The van der Waals surface area contributed by atoms with Crippen LogP contribution in [0.1, 0.15) is 5.56 Å². The van der Waals surface area contributed by atoms with Crippen LogP contribution in [0.3, 0.4) is 0 Å². The van der Waals surface area contributed by atoms with Crippen LogP contribution in [-0.4, -0.2) is 27.2 Å². The Morgan fingerprint density at radius 1 is 1.12 bits per heavy atom. The summed E-state index contributed by atoms with van der Waals surface area (Å²) in [7, 11) is 4.69. The van der Waals surface area contributed by atoms with Crippen LogP contribution < -0.4 is 25.4 Å². The highest BCUT2D eigenvalue weighted by Crippen LogP contribution is 2.39. The summed E-state index contributed by atoms with van der Waals surface area (Å²) in [5, 5.41) is 5.48. The Morgan fingerprint density at radius 2 is 1.75 bits per heavy atom. The van der Waals surface area contributed by atoms with Crippen LogP contribution in [0.5, 0.6) is 17.2 Å². The van der Waals surface area contributed by atoms with E-state index < -0.39 is 0 Å². The molecular weight excluding hydrogens is 208 g/mol. The van der Waals surface area contributed by atoms with Gasteiger partial charge < -0.3 is 14.2 Å². The monoisotopic (exact) mass is 225 g/mol. The lowest BCUT2D eigenvalue weighted by molar-refractivity contribution is -0.117. The zero-order valence-corrected chi connectivity index (χ0v) is 9.74. The van der Waals surface area contributed by atoms with E-state index in [1.165, 1.54) is 0 Å². The van der Waals surface area contributed by atoms with Gasteiger partial charge in [-0.2, -0.15) is 0 Å². The second-order valence-corrected chi connectivity index (χ2v) is 3.25. The van der Waals surface area contributed by atoms with Crippen LogP contribution in [0.4, 0.5) is 0 Å². The van der Waals surface area contributed by atoms with Gasteiger partial charge in [-0.25, -0.2) is 0 Å². The summed E-state index contributed by atoms with van der Waals surface area (Å²) in [4.78, 5) is 0. The van der Waals surface area contributed by atoms with Gasteiger partial charge in [0.25, 0.3) is 0 Å². The second-order valence-electron chi connectivity index (χ2n) is 3.25. The minimum atomic E-state index is 0.325. The molecule has 0 fully saturated rings. The highest BCUT2D eigenvalue weighted by molar-refractivity contribution is 5.78. The summed E-state index contributed by atoms with van der Waals surface area (Å²) in [6, 6.07) is 3.64. The van der Waals surface area contributed by atoms with Crippen molar-refractivity contribution in [3.05, 3.63) is 17.7 Å². The van der Waals surface area contributed by atoms with E-state index in [4.69, 9.17) is 25.4 Å². The maximum Gasteiger partial charge on any atom is 0.242 e. The maximum absolute atomic E-state index is 5.48. The number of hydrogen-bond acceptors (Lipinski definition) is 3. The van der Waals surface area contributed by atoms with Gasteiger partial charge in [0.2, 0.25) is 11.6 Å². The molecule has 5 heteroatoms. The lowest BCUT2D eigenvalue weighted by Crippen LogP contribution is -2.46. The molecule has 0 heterocycles. The summed E-state index contributed by atoms with van der Waals surface area (Å²) >= 11 is 0. The number of methoxy groups -OCH3 is 3. The Morgan fingerprint density at radius 3 is 2.19 bits per heavy atom. The fraction of sp³-hybridized carbons (Fsp3) is 0.364. The number of amidine groups is 1. The molecule has 0 bridgehead atoms. The minimum absolute atomic E-state index is 0.325. The lowest BCUT2D eigenvalue weighted by atomic mass is 10.1. The van der Waals surface area contributed by atoms with E-state index in [2.05, 4.69) is 0 Å². The molecule has 0 spiro atoms. The van der Waals surface area contributed by atoms with Crippen molar-refractivity contribution in [3.8, 4) is 17.2 Å². The Labute approximate surface area is 94.6 Å². The molecule has 4 N–H and O–H groups in total. The van der Waals surface area contributed by atoms with Crippen molar-refractivity contribution in [3.63, 3.8) is 0 Å². The van der Waals surface area contributed by atoms with Crippen LogP contribution in [0.15, 0.2) is 12.1 Å². The van der Waals surface area contributed by atoms with Crippen molar-refractivity contribution < 1.29 is 19.6 Å². The molecule has 1 aromatic carbocycles. The smallest absolute Gasteiger partial charge is 0.242 e. The quantitative estimate of drug-likeness (QED) is 0.516. The lowest BCUT2D eigenvalue weighted by Gasteiger charge is -2.14. The van der Waals surface area contributed by atoms with Gasteiger partial charge in [0.15, 0.2) is 11.5 Å². The fourth-order valence-corrected chi connectivity index (χ4v) is 1.52. The molecule has 16 heavy (non-hydrogen) atoms. The number of ether oxygens (including phenoxy) is 3. The zero-order chi connectivity index (χ0) is 12.1. The Balaban J connectivity index is 3.25. The normalized spacial score (nSPS) is 9.69. The molecule has 0 saturated heterocycles. The van der Waals surface area contributed by atoms with Crippen molar-refractivity contribution >= 4 is 5.84 Å². The first-order valence-electron chi connectivity index (χ1n) is 4.78. The number of benzene rings is 1. The average molecular weight is 225 g/mol. The van der Waals surface area contributed by atoms with Crippen molar-refractivity contribution in [1.82, 2.24) is 0 Å². The van der Waals surface area contributed by atoms with Crippen molar-refractivity contribution in [1.29, 1.82) is 0 Å². The molecule has 0 aromatic heterocycles. The van der Waals surface area contributed by atoms with Crippen molar-refractivity contribution in [2.45, 2.75) is 6.42 Å². The minimum Gasteiger partial charge on any atom is -0.493 e.